The molecule has 0 spiro atoms. The third-order valence-electron chi connectivity index (χ3n) is 3.58. The van der Waals surface area contributed by atoms with E-state index in [9.17, 15) is 13.2 Å². The zero-order chi connectivity index (χ0) is 14.9. The first kappa shape index (κ1) is 15.4. The quantitative estimate of drug-likeness (QED) is 0.901. The fourth-order valence-electron chi connectivity index (χ4n) is 2.45. The molecule has 6 nitrogen and oxygen atoms in total. The first-order chi connectivity index (χ1) is 9.37. The number of carbonyl (C=O) groups is 1. The van der Waals surface area contributed by atoms with Crippen molar-refractivity contribution in [3.8, 4) is 0 Å². The van der Waals surface area contributed by atoms with Gasteiger partial charge in [0.05, 0.1) is 0 Å². The van der Waals surface area contributed by atoms with E-state index in [0.717, 1.165) is 17.9 Å². The molecule has 1 aliphatic rings. The van der Waals surface area contributed by atoms with Crippen molar-refractivity contribution in [1.82, 2.24) is 9.21 Å². The van der Waals surface area contributed by atoms with E-state index in [-0.39, 0.29) is 15.8 Å². The summed E-state index contributed by atoms with van der Waals surface area (Å²) in [5.74, 6) is -1.20. The summed E-state index contributed by atoms with van der Waals surface area (Å²) in [5, 5.41) is 10.6. The fourth-order valence-corrected chi connectivity index (χ4v) is 5.19. The van der Waals surface area contributed by atoms with Crippen molar-refractivity contribution in [1.29, 1.82) is 0 Å². The Morgan fingerprint density at radius 3 is 2.75 bits per heavy atom. The molecule has 1 unspecified atom stereocenters. The SMILES string of the molecule is CCN1CCN(S(=O)(=O)c2ccsc2C(=O)O)CC1C. The summed E-state index contributed by atoms with van der Waals surface area (Å²) in [6.07, 6.45) is 0. The maximum atomic E-state index is 12.6. The molecule has 1 saturated heterocycles. The molecule has 0 amide bonds. The Kier molecular flexibility index (Phi) is 4.48. The second-order valence-corrected chi connectivity index (χ2v) is 7.58. The van der Waals surface area contributed by atoms with Gasteiger partial charge in [0.1, 0.15) is 9.77 Å². The topological polar surface area (TPSA) is 77.9 Å². The average Bonchev–Trinajstić information content (AvgIpc) is 2.88. The number of likely N-dealkylation sites (N-methyl/N-ethyl adjacent to an activating group) is 1. The van der Waals surface area contributed by atoms with Crippen molar-refractivity contribution in [2.24, 2.45) is 0 Å². The molecule has 0 radical (unpaired) electrons. The van der Waals surface area contributed by atoms with Gasteiger partial charge in [-0.25, -0.2) is 13.2 Å². The van der Waals surface area contributed by atoms with Gasteiger partial charge in [-0.2, -0.15) is 4.31 Å². The number of sulfonamides is 1. The Morgan fingerprint density at radius 1 is 1.50 bits per heavy atom. The first-order valence-electron chi connectivity index (χ1n) is 6.43. The number of piperazine rings is 1. The summed E-state index contributed by atoms with van der Waals surface area (Å²) in [6, 6.07) is 1.51. The predicted molar refractivity (Wildman–Crippen MR) is 76.7 cm³/mol. The van der Waals surface area contributed by atoms with Gasteiger partial charge in [-0.3, -0.25) is 4.90 Å². The molecule has 1 aliphatic heterocycles. The van der Waals surface area contributed by atoms with E-state index < -0.39 is 16.0 Å². The molecule has 20 heavy (non-hydrogen) atoms. The number of aromatic carboxylic acids is 1. The zero-order valence-electron chi connectivity index (χ0n) is 11.4. The highest BCUT2D eigenvalue weighted by atomic mass is 32.2. The summed E-state index contributed by atoms with van der Waals surface area (Å²) >= 11 is 0.939. The Balaban J connectivity index is 2.28. The van der Waals surface area contributed by atoms with Crippen LogP contribution < -0.4 is 0 Å². The summed E-state index contributed by atoms with van der Waals surface area (Å²) in [6.45, 7) is 6.37. The minimum atomic E-state index is -3.72. The lowest BCUT2D eigenvalue weighted by atomic mass is 10.2. The van der Waals surface area contributed by atoms with Crippen LogP contribution in [0.3, 0.4) is 0 Å². The number of hydrogen-bond donors (Lipinski definition) is 1. The minimum Gasteiger partial charge on any atom is -0.477 e. The molecule has 112 valence electrons. The minimum absolute atomic E-state index is 0.0906. The van der Waals surface area contributed by atoms with Crippen LogP contribution in [0.4, 0.5) is 0 Å². The van der Waals surface area contributed by atoms with E-state index in [0.29, 0.717) is 19.6 Å². The molecule has 0 aromatic carbocycles. The second kappa shape index (κ2) is 5.80. The van der Waals surface area contributed by atoms with Crippen molar-refractivity contribution in [3.05, 3.63) is 16.3 Å². The van der Waals surface area contributed by atoms with Crippen LogP contribution >= 0.6 is 11.3 Å². The van der Waals surface area contributed by atoms with Gasteiger partial charge in [-0.05, 0) is 24.9 Å². The molecule has 0 saturated carbocycles. The number of thiophene rings is 1. The van der Waals surface area contributed by atoms with Gasteiger partial charge in [0.25, 0.3) is 0 Å². The third kappa shape index (κ3) is 2.73. The highest BCUT2D eigenvalue weighted by Crippen LogP contribution is 2.26. The van der Waals surface area contributed by atoms with Crippen molar-refractivity contribution in [2.45, 2.75) is 24.8 Å². The second-order valence-electron chi connectivity index (χ2n) is 4.76. The Bertz CT molecular complexity index is 596. The standard InChI is InChI=1S/C12H18N2O4S2/c1-3-13-5-6-14(8-9(13)2)20(17,18)10-4-7-19-11(10)12(15)16/h4,7,9H,3,5-6,8H2,1-2H3,(H,15,16). The highest BCUT2D eigenvalue weighted by Gasteiger charge is 2.34. The van der Waals surface area contributed by atoms with E-state index in [4.69, 9.17) is 5.11 Å². The van der Waals surface area contributed by atoms with Gasteiger partial charge >= 0.3 is 5.97 Å². The normalized spacial score (nSPS) is 22.0. The molecule has 0 aliphatic carbocycles. The van der Waals surface area contributed by atoms with Gasteiger partial charge < -0.3 is 5.11 Å². The van der Waals surface area contributed by atoms with Gasteiger partial charge in [0, 0.05) is 25.7 Å². The Hall–Kier alpha value is -0.960. The predicted octanol–water partition coefficient (Wildman–Crippen LogP) is 1.16. The summed E-state index contributed by atoms with van der Waals surface area (Å²) in [7, 11) is -3.72. The lowest BCUT2D eigenvalue weighted by molar-refractivity contribution is 0.0698. The van der Waals surface area contributed by atoms with Gasteiger partial charge in [0.15, 0.2) is 0 Å². The first-order valence-corrected chi connectivity index (χ1v) is 8.75. The van der Waals surface area contributed by atoms with Crippen LogP contribution in [0.15, 0.2) is 16.3 Å². The van der Waals surface area contributed by atoms with E-state index in [1.807, 2.05) is 13.8 Å². The van der Waals surface area contributed by atoms with Crippen molar-refractivity contribution >= 4 is 27.3 Å². The molecular formula is C12H18N2O4S2. The number of hydrogen-bond acceptors (Lipinski definition) is 5. The number of carboxylic acid groups (broad SMARTS) is 1. The number of nitrogens with zero attached hydrogens (tertiary/aromatic N) is 2. The molecule has 1 N–H and O–H groups in total. The third-order valence-corrected chi connectivity index (χ3v) is 6.51. The average molecular weight is 318 g/mol. The molecule has 0 bridgehead atoms. The van der Waals surface area contributed by atoms with Crippen LogP contribution in [0.2, 0.25) is 0 Å². The van der Waals surface area contributed by atoms with Crippen molar-refractivity contribution in [3.63, 3.8) is 0 Å². The Labute approximate surface area is 122 Å². The van der Waals surface area contributed by atoms with Crippen LogP contribution in [0.1, 0.15) is 23.5 Å². The van der Waals surface area contributed by atoms with Crippen molar-refractivity contribution < 1.29 is 18.3 Å². The number of rotatable bonds is 4. The van der Waals surface area contributed by atoms with Crippen LogP contribution in [0.25, 0.3) is 0 Å². The fraction of sp³-hybridized carbons (Fsp3) is 0.583. The molecule has 1 aromatic rings. The zero-order valence-corrected chi connectivity index (χ0v) is 13.1. The monoisotopic (exact) mass is 318 g/mol. The summed E-state index contributed by atoms with van der Waals surface area (Å²) < 4.78 is 26.5. The molecule has 2 rings (SSSR count). The smallest absolute Gasteiger partial charge is 0.347 e. The molecule has 1 atom stereocenters. The van der Waals surface area contributed by atoms with E-state index in [2.05, 4.69) is 4.90 Å². The molecular weight excluding hydrogens is 300 g/mol. The van der Waals surface area contributed by atoms with E-state index in [1.165, 1.54) is 15.8 Å². The summed E-state index contributed by atoms with van der Waals surface area (Å²) in [5.41, 5.74) is 0. The molecule has 2 heterocycles. The summed E-state index contributed by atoms with van der Waals surface area (Å²) in [4.78, 5) is 13.1. The maximum absolute atomic E-state index is 12.6. The Morgan fingerprint density at radius 2 is 2.20 bits per heavy atom. The van der Waals surface area contributed by atoms with Crippen LogP contribution in [-0.2, 0) is 10.0 Å². The lowest BCUT2D eigenvalue weighted by Crippen LogP contribution is -2.53. The molecule has 1 aromatic heterocycles. The van der Waals surface area contributed by atoms with Crippen LogP contribution in [-0.4, -0.2) is 60.9 Å². The van der Waals surface area contributed by atoms with E-state index >= 15 is 0 Å². The van der Waals surface area contributed by atoms with Gasteiger partial charge in [-0.15, -0.1) is 11.3 Å². The number of carboxylic acids is 1. The maximum Gasteiger partial charge on any atom is 0.347 e. The van der Waals surface area contributed by atoms with Gasteiger partial charge in [-0.1, -0.05) is 6.92 Å². The van der Waals surface area contributed by atoms with Crippen LogP contribution in [0.5, 0.6) is 0 Å². The molecule has 8 heteroatoms. The highest BCUT2D eigenvalue weighted by molar-refractivity contribution is 7.89. The van der Waals surface area contributed by atoms with E-state index in [1.54, 1.807) is 0 Å². The van der Waals surface area contributed by atoms with Gasteiger partial charge in [0.2, 0.25) is 10.0 Å². The molecule has 1 fully saturated rings. The van der Waals surface area contributed by atoms with Crippen molar-refractivity contribution in [2.75, 3.05) is 26.2 Å². The lowest BCUT2D eigenvalue weighted by Gasteiger charge is -2.38. The van der Waals surface area contributed by atoms with Crippen LogP contribution in [0, 0.1) is 0 Å². The largest absolute Gasteiger partial charge is 0.477 e.